The molecule has 0 unspecified atom stereocenters. The van der Waals surface area contributed by atoms with Crippen LogP contribution in [0.25, 0.3) is 5.69 Å². The lowest BCUT2D eigenvalue weighted by atomic mass is 10.3. The van der Waals surface area contributed by atoms with Crippen LogP contribution in [0.3, 0.4) is 0 Å². The quantitative estimate of drug-likeness (QED) is 0.712. The molecule has 0 aliphatic heterocycles. The van der Waals surface area contributed by atoms with Crippen molar-refractivity contribution in [2.75, 3.05) is 11.1 Å². The number of nitrogens with zero attached hydrogens (tertiary/aromatic N) is 2. The van der Waals surface area contributed by atoms with E-state index in [0.717, 1.165) is 16.3 Å². The van der Waals surface area contributed by atoms with Crippen LogP contribution in [0, 0.1) is 12.7 Å². The van der Waals surface area contributed by atoms with Gasteiger partial charge in [-0.05, 0) is 43.3 Å². The molecule has 24 heavy (non-hydrogen) atoms. The van der Waals surface area contributed by atoms with Gasteiger partial charge in [0.2, 0.25) is 5.91 Å². The van der Waals surface area contributed by atoms with Crippen molar-refractivity contribution in [2.24, 2.45) is 0 Å². The van der Waals surface area contributed by atoms with Gasteiger partial charge in [0.05, 0.1) is 17.1 Å². The zero-order valence-corrected chi connectivity index (χ0v) is 13.9. The van der Waals surface area contributed by atoms with Crippen LogP contribution in [0.15, 0.2) is 65.6 Å². The number of aryl methyl sites for hydroxylation is 1. The predicted molar refractivity (Wildman–Crippen MR) is 94.1 cm³/mol. The predicted octanol–water partition coefficient (Wildman–Crippen LogP) is 4.05. The number of nitrogens with one attached hydrogen (secondary N) is 1. The third-order valence-electron chi connectivity index (χ3n) is 3.28. The molecule has 0 bridgehead atoms. The topological polar surface area (TPSA) is 46.9 Å². The molecule has 0 radical (unpaired) electrons. The lowest BCUT2D eigenvalue weighted by Gasteiger charge is -2.08. The van der Waals surface area contributed by atoms with Crippen molar-refractivity contribution in [3.05, 3.63) is 72.2 Å². The largest absolute Gasteiger partial charge is 0.310 e. The molecular weight excluding hydrogens is 325 g/mol. The van der Waals surface area contributed by atoms with Gasteiger partial charge in [-0.3, -0.25) is 4.79 Å². The molecule has 0 fully saturated rings. The van der Waals surface area contributed by atoms with Gasteiger partial charge in [-0.1, -0.05) is 18.2 Å². The van der Waals surface area contributed by atoms with E-state index in [1.54, 1.807) is 16.8 Å². The minimum absolute atomic E-state index is 0.138. The van der Waals surface area contributed by atoms with Crippen LogP contribution in [0.2, 0.25) is 0 Å². The zero-order valence-electron chi connectivity index (χ0n) is 13.1. The number of hydrogen-bond acceptors (Lipinski definition) is 3. The summed E-state index contributed by atoms with van der Waals surface area (Å²) < 4.78 is 14.6. The van der Waals surface area contributed by atoms with Crippen LogP contribution in [0.1, 0.15) is 5.69 Å². The van der Waals surface area contributed by atoms with E-state index in [-0.39, 0.29) is 17.5 Å². The molecule has 6 heteroatoms. The van der Waals surface area contributed by atoms with Crippen molar-refractivity contribution in [1.29, 1.82) is 0 Å². The number of thioether (sulfide) groups is 1. The number of benzene rings is 2. The third kappa shape index (κ3) is 4.02. The summed E-state index contributed by atoms with van der Waals surface area (Å²) in [6.07, 6.45) is 0. The van der Waals surface area contributed by atoms with E-state index in [0.29, 0.717) is 5.82 Å². The second-order valence-electron chi connectivity index (χ2n) is 5.21. The van der Waals surface area contributed by atoms with Gasteiger partial charge in [-0.2, -0.15) is 5.10 Å². The summed E-state index contributed by atoms with van der Waals surface area (Å²) in [5, 5.41) is 7.29. The first kappa shape index (κ1) is 16.3. The maximum absolute atomic E-state index is 12.9. The molecule has 0 saturated heterocycles. The number of carbonyl (C=O) groups is 1. The van der Waals surface area contributed by atoms with Gasteiger partial charge in [0.25, 0.3) is 0 Å². The zero-order chi connectivity index (χ0) is 16.9. The molecule has 1 aromatic heterocycles. The Morgan fingerprint density at radius 1 is 1.17 bits per heavy atom. The molecule has 0 saturated carbocycles. The highest BCUT2D eigenvalue weighted by Gasteiger charge is 2.11. The van der Waals surface area contributed by atoms with Gasteiger partial charge < -0.3 is 5.32 Å². The van der Waals surface area contributed by atoms with Crippen LogP contribution < -0.4 is 5.32 Å². The van der Waals surface area contributed by atoms with Gasteiger partial charge in [-0.25, -0.2) is 9.07 Å². The van der Waals surface area contributed by atoms with Crippen molar-refractivity contribution >= 4 is 23.5 Å². The van der Waals surface area contributed by atoms with Gasteiger partial charge in [0.15, 0.2) is 0 Å². The van der Waals surface area contributed by atoms with Crippen molar-refractivity contribution in [1.82, 2.24) is 9.78 Å². The second-order valence-corrected chi connectivity index (χ2v) is 6.26. The Kier molecular flexibility index (Phi) is 4.96. The highest BCUT2D eigenvalue weighted by atomic mass is 32.2. The molecule has 122 valence electrons. The van der Waals surface area contributed by atoms with Gasteiger partial charge in [-0.15, -0.1) is 11.8 Å². The number of hydrogen-bond donors (Lipinski definition) is 1. The summed E-state index contributed by atoms with van der Waals surface area (Å²) in [7, 11) is 0. The smallest absolute Gasteiger partial charge is 0.235 e. The maximum Gasteiger partial charge on any atom is 0.235 e. The third-order valence-corrected chi connectivity index (χ3v) is 4.30. The Morgan fingerprint density at radius 2 is 1.88 bits per heavy atom. The summed E-state index contributed by atoms with van der Waals surface area (Å²) in [5.41, 5.74) is 1.70. The summed E-state index contributed by atoms with van der Waals surface area (Å²) in [6.45, 7) is 1.88. The first-order valence-corrected chi connectivity index (χ1v) is 8.41. The Balaban J connectivity index is 1.67. The van der Waals surface area contributed by atoms with E-state index < -0.39 is 0 Å². The van der Waals surface area contributed by atoms with Crippen molar-refractivity contribution in [2.45, 2.75) is 11.8 Å². The van der Waals surface area contributed by atoms with Crippen LogP contribution in [0.5, 0.6) is 0 Å². The molecule has 4 nitrogen and oxygen atoms in total. The number of rotatable bonds is 5. The molecule has 0 aliphatic carbocycles. The number of aromatic nitrogens is 2. The Morgan fingerprint density at radius 3 is 2.58 bits per heavy atom. The average molecular weight is 341 g/mol. The number of amides is 1. The summed E-state index contributed by atoms with van der Waals surface area (Å²) in [5.74, 6) is 0.445. The molecular formula is C18H16FN3OS. The number of anilines is 1. The molecule has 3 rings (SSSR count). The first-order chi connectivity index (χ1) is 11.6. The van der Waals surface area contributed by atoms with Gasteiger partial charge in [0.1, 0.15) is 11.6 Å². The molecule has 2 aromatic carbocycles. The number of carbonyl (C=O) groups excluding carboxylic acids is 1. The van der Waals surface area contributed by atoms with E-state index in [1.165, 1.54) is 23.9 Å². The summed E-state index contributed by atoms with van der Waals surface area (Å²) in [4.78, 5) is 13.0. The number of para-hydroxylation sites is 1. The van der Waals surface area contributed by atoms with Crippen LogP contribution >= 0.6 is 11.8 Å². The molecule has 0 spiro atoms. The summed E-state index contributed by atoms with van der Waals surface area (Å²) in [6, 6.07) is 17.5. The Hall–Kier alpha value is -2.60. The van der Waals surface area contributed by atoms with Crippen LogP contribution in [-0.4, -0.2) is 21.4 Å². The van der Waals surface area contributed by atoms with Crippen molar-refractivity contribution in [3.63, 3.8) is 0 Å². The van der Waals surface area contributed by atoms with Gasteiger partial charge >= 0.3 is 0 Å². The number of halogens is 1. The molecule has 0 aliphatic rings. The average Bonchev–Trinajstić information content (AvgIpc) is 2.95. The van der Waals surface area contributed by atoms with E-state index >= 15 is 0 Å². The highest BCUT2D eigenvalue weighted by molar-refractivity contribution is 8.00. The fraction of sp³-hybridized carbons (Fsp3) is 0.111. The monoisotopic (exact) mass is 341 g/mol. The minimum atomic E-state index is -0.286. The van der Waals surface area contributed by atoms with E-state index in [4.69, 9.17) is 0 Å². The van der Waals surface area contributed by atoms with Crippen molar-refractivity contribution in [3.8, 4) is 5.69 Å². The molecule has 1 N–H and O–H groups in total. The van der Waals surface area contributed by atoms with Crippen LogP contribution in [0.4, 0.5) is 10.2 Å². The molecule has 1 heterocycles. The SMILES string of the molecule is Cc1cc(NC(=O)CSc2ccc(F)cc2)n(-c2ccccc2)n1. The highest BCUT2D eigenvalue weighted by Crippen LogP contribution is 2.20. The first-order valence-electron chi connectivity index (χ1n) is 7.42. The van der Waals surface area contributed by atoms with Gasteiger partial charge in [0, 0.05) is 11.0 Å². The van der Waals surface area contributed by atoms with Crippen molar-refractivity contribution < 1.29 is 9.18 Å². The fourth-order valence-electron chi connectivity index (χ4n) is 2.21. The standard InChI is InChI=1S/C18H16FN3OS/c1-13-11-17(22(21-13)15-5-3-2-4-6-15)20-18(23)12-24-16-9-7-14(19)8-10-16/h2-11H,12H2,1H3,(H,20,23). The Labute approximate surface area is 143 Å². The van der Waals surface area contributed by atoms with E-state index in [1.807, 2.05) is 43.3 Å². The minimum Gasteiger partial charge on any atom is -0.310 e. The fourth-order valence-corrected chi connectivity index (χ4v) is 2.91. The molecule has 1 amide bonds. The molecule has 0 atom stereocenters. The summed E-state index contributed by atoms with van der Waals surface area (Å²) >= 11 is 1.36. The molecule has 3 aromatic rings. The normalized spacial score (nSPS) is 10.6. The lowest BCUT2D eigenvalue weighted by molar-refractivity contribution is -0.113. The Bertz CT molecular complexity index is 831. The van der Waals surface area contributed by atoms with Crippen LogP contribution in [-0.2, 0) is 4.79 Å². The lowest BCUT2D eigenvalue weighted by Crippen LogP contribution is -2.16. The maximum atomic E-state index is 12.9. The van der Waals surface area contributed by atoms with E-state index in [9.17, 15) is 9.18 Å². The second kappa shape index (κ2) is 7.31. The van der Waals surface area contributed by atoms with E-state index in [2.05, 4.69) is 10.4 Å².